The number of rotatable bonds is 5. The van der Waals surface area contributed by atoms with Crippen molar-refractivity contribution in [1.29, 1.82) is 0 Å². The molecule has 0 fully saturated rings. The fourth-order valence-electron chi connectivity index (χ4n) is 1.97. The first-order chi connectivity index (χ1) is 9.15. The normalized spacial score (nSPS) is 10.4. The van der Waals surface area contributed by atoms with Gasteiger partial charge < -0.3 is 5.73 Å². The van der Waals surface area contributed by atoms with E-state index in [1.54, 1.807) is 0 Å². The highest BCUT2D eigenvalue weighted by Gasteiger charge is 2.07. The molecule has 0 saturated carbocycles. The third-order valence-electron chi connectivity index (χ3n) is 2.99. The van der Waals surface area contributed by atoms with Gasteiger partial charge in [0.05, 0.1) is 0 Å². The first kappa shape index (κ1) is 13.8. The van der Waals surface area contributed by atoms with Gasteiger partial charge in [-0.05, 0) is 35.7 Å². The fourth-order valence-corrected chi connectivity index (χ4v) is 2.40. The molecule has 0 aromatic heterocycles. The van der Waals surface area contributed by atoms with Gasteiger partial charge >= 0.3 is 0 Å². The van der Waals surface area contributed by atoms with Gasteiger partial charge in [0.25, 0.3) is 0 Å². The Hall–Kier alpha value is -1.61. The van der Waals surface area contributed by atoms with E-state index >= 15 is 0 Å². The average Bonchev–Trinajstić information content (AvgIpc) is 2.39. The second-order valence-electron chi connectivity index (χ2n) is 4.55. The number of nitrogens with two attached hydrogens (primary N) is 1. The Morgan fingerprint density at radius 1 is 1.11 bits per heavy atom. The molecule has 2 rings (SSSR count). The number of anilines is 1. The molecule has 19 heavy (non-hydrogen) atoms. The average molecular weight is 318 g/mol. The lowest BCUT2D eigenvalue weighted by Gasteiger charge is -2.04. The van der Waals surface area contributed by atoms with Gasteiger partial charge in [0.2, 0.25) is 0 Å². The number of carbonyl (C=O) groups is 1. The summed E-state index contributed by atoms with van der Waals surface area (Å²) in [6.07, 6.45) is 1.77. The standard InChI is InChI=1S/C16H16BrNO/c17-16-7-2-1-5-13(16)11-15(19)9-8-12-4-3-6-14(18)10-12/h1-7,10H,8-9,11,18H2. The number of ketones is 1. The molecule has 2 nitrogen and oxygen atoms in total. The van der Waals surface area contributed by atoms with Crippen LogP contribution in [0, 0.1) is 0 Å². The van der Waals surface area contributed by atoms with E-state index in [-0.39, 0.29) is 5.78 Å². The highest BCUT2D eigenvalue weighted by molar-refractivity contribution is 9.10. The predicted molar refractivity (Wildman–Crippen MR) is 82.0 cm³/mol. The van der Waals surface area contributed by atoms with E-state index in [1.807, 2.05) is 48.5 Å². The minimum absolute atomic E-state index is 0.245. The summed E-state index contributed by atoms with van der Waals surface area (Å²) in [5.74, 6) is 0.245. The lowest BCUT2D eigenvalue weighted by molar-refractivity contribution is -0.118. The van der Waals surface area contributed by atoms with E-state index < -0.39 is 0 Å². The maximum atomic E-state index is 12.0. The van der Waals surface area contributed by atoms with Gasteiger partial charge in [-0.15, -0.1) is 0 Å². The van der Waals surface area contributed by atoms with Gasteiger partial charge in [-0.3, -0.25) is 4.79 Å². The van der Waals surface area contributed by atoms with Crippen LogP contribution in [-0.2, 0) is 17.6 Å². The molecule has 0 heterocycles. The van der Waals surface area contributed by atoms with Crippen molar-refractivity contribution in [3.8, 4) is 0 Å². The summed E-state index contributed by atoms with van der Waals surface area (Å²) < 4.78 is 0.993. The molecule has 0 aliphatic rings. The number of hydrogen-bond acceptors (Lipinski definition) is 2. The number of nitrogen functional groups attached to an aromatic ring is 1. The highest BCUT2D eigenvalue weighted by atomic mass is 79.9. The molecule has 0 bridgehead atoms. The Kier molecular flexibility index (Phi) is 4.74. The molecule has 0 saturated heterocycles. The largest absolute Gasteiger partial charge is 0.399 e. The topological polar surface area (TPSA) is 43.1 Å². The maximum absolute atomic E-state index is 12.0. The van der Waals surface area contributed by atoms with Gasteiger partial charge in [0.15, 0.2) is 0 Å². The van der Waals surface area contributed by atoms with Gasteiger partial charge in [0.1, 0.15) is 5.78 Å². The van der Waals surface area contributed by atoms with Crippen molar-refractivity contribution in [2.24, 2.45) is 0 Å². The quantitative estimate of drug-likeness (QED) is 0.853. The maximum Gasteiger partial charge on any atom is 0.137 e. The molecule has 0 spiro atoms. The molecule has 0 amide bonds. The summed E-state index contributed by atoms with van der Waals surface area (Å²) in [5, 5.41) is 0. The lowest BCUT2D eigenvalue weighted by atomic mass is 10.0. The zero-order valence-electron chi connectivity index (χ0n) is 10.6. The van der Waals surface area contributed by atoms with Crippen LogP contribution in [0.1, 0.15) is 17.5 Å². The molecule has 2 N–H and O–H groups in total. The van der Waals surface area contributed by atoms with E-state index in [1.165, 1.54) is 0 Å². The monoisotopic (exact) mass is 317 g/mol. The third-order valence-corrected chi connectivity index (χ3v) is 3.76. The molecular weight excluding hydrogens is 302 g/mol. The van der Waals surface area contributed by atoms with E-state index in [4.69, 9.17) is 5.73 Å². The van der Waals surface area contributed by atoms with Crippen molar-refractivity contribution in [3.63, 3.8) is 0 Å². The molecule has 98 valence electrons. The number of halogens is 1. The second kappa shape index (κ2) is 6.53. The SMILES string of the molecule is Nc1cccc(CCC(=O)Cc2ccccc2Br)c1. The Labute approximate surface area is 121 Å². The third kappa shape index (κ3) is 4.21. The van der Waals surface area contributed by atoms with Crippen LogP contribution in [0.15, 0.2) is 53.0 Å². The van der Waals surface area contributed by atoms with Gasteiger partial charge in [-0.25, -0.2) is 0 Å². The van der Waals surface area contributed by atoms with Crippen LogP contribution < -0.4 is 5.73 Å². The van der Waals surface area contributed by atoms with E-state index in [9.17, 15) is 4.79 Å². The number of hydrogen-bond donors (Lipinski definition) is 1. The van der Waals surface area contributed by atoms with Crippen LogP contribution in [0.3, 0.4) is 0 Å². The number of aryl methyl sites for hydroxylation is 1. The summed E-state index contributed by atoms with van der Waals surface area (Å²) >= 11 is 3.46. The van der Waals surface area contributed by atoms with Crippen molar-refractivity contribution in [2.75, 3.05) is 5.73 Å². The van der Waals surface area contributed by atoms with Crippen molar-refractivity contribution < 1.29 is 4.79 Å². The van der Waals surface area contributed by atoms with E-state index in [0.717, 1.165) is 27.7 Å². The van der Waals surface area contributed by atoms with Crippen LogP contribution >= 0.6 is 15.9 Å². The molecule has 2 aromatic rings. The highest BCUT2D eigenvalue weighted by Crippen LogP contribution is 2.17. The Morgan fingerprint density at radius 2 is 1.89 bits per heavy atom. The number of benzene rings is 2. The smallest absolute Gasteiger partial charge is 0.137 e. The van der Waals surface area contributed by atoms with Crippen LogP contribution in [0.2, 0.25) is 0 Å². The minimum atomic E-state index is 0.245. The minimum Gasteiger partial charge on any atom is -0.399 e. The second-order valence-corrected chi connectivity index (χ2v) is 5.41. The Balaban J connectivity index is 1.90. The van der Waals surface area contributed by atoms with Crippen molar-refractivity contribution in [3.05, 3.63) is 64.1 Å². The summed E-state index contributed by atoms with van der Waals surface area (Å²) in [6, 6.07) is 15.5. The van der Waals surface area contributed by atoms with Crippen molar-refractivity contribution in [1.82, 2.24) is 0 Å². The molecule has 0 unspecified atom stereocenters. The van der Waals surface area contributed by atoms with Gasteiger partial charge in [0, 0.05) is 23.0 Å². The molecular formula is C16H16BrNO. The van der Waals surface area contributed by atoms with Gasteiger partial charge in [-0.2, -0.15) is 0 Å². The van der Waals surface area contributed by atoms with Crippen LogP contribution in [-0.4, -0.2) is 5.78 Å². The lowest BCUT2D eigenvalue weighted by Crippen LogP contribution is -2.05. The summed E-state index contributed by atoms with van der Waals surface area (Å²) in [7, 11) is 0. The summed E-state index contributed by atoms with van der Waals surface area (Å²) in [5.41, 5.74) is 8.62. The van der Waals surface area contributed by atoms with Crippen molar-refractivity contribution in [2.45, 2.75) is 19.3 Å². The zero-order chi connectivity index (χ0) is 13.7. The summed E-state index contributed by atoms with van der Waals surface area (Å²) in [4.78, 5) is 12.0. The number of carbonyl (C=O) groups excluding carboxylic acids is 1. The summed E-state index contributed by atoms with van der Waals surface area (Å²) in [6.45, 7) is 0. The van der Waals surface area contributed by atoms with Gasteiger partial charge in [-0.1, -0.05) is 46.3 Å². The number of Topliss-reactive ketones (excluding diaryl/α,β-unsaturated/α-hetero) is 1. The van der Waals surface area contributed by atoms with Crippen LogP contribution in [0.25, 0.3) is 0 Å². The van der Waals surface area contributed by atoms with Crippen LogP contribution in [0.5, 0.6) is 0 Å². The van der Waals surface area contributed by atoms with Crippen LogP contribution in [0.4, 0.5) is 5.69 Å². The first-order valence-electron chi connectivity index (χ1n) is 6.24. The van der Waals surface area contributed by atoms with Crippen molar-refractivity contribution >= 4 is 27.4 Å². The molecule has 0 aliphatic heterocycles. The molecule has 2 aromatic carbocycles. The fraction of sp³-hybridized carbons (Fsp3) is 0.188. The van der Waals surface area contributed by atoms with E-state index in [0.29, 0.717) is 12.8 Å². The molecule has 3 heteroatoms. The Morgan fingerprint density at radius 3 is 2.63 bits per heavy atom. The zero-order valence-corrected chi connectivity index (χ0v) is 12.2. The molecule has 0 atom stereocenters. The predicted octanol–water partition coefficient (Wildman–Crippen LogP) is 3.78. The molecule has 0 aliphatic carbocycles. The molecule has 0 radical (unpaired) electrons. The Bertz CT molecular complexity index is 580. The van der Waals surface area contributed by atoms with E-state index in [2.05, 4.69) is 15.9 Å². The first-order valence-corrected chi connectivity index (χ1v) is 7.04.